The molecule has 1 unspecified atom stereocenters. The average Bonchev–Trinajstić information content (AvgIpc) is 2.93. The van der Waals surface area contributed by atoms with E-state index in [2.05, 4.69) is 5.32 Å². The van der Waals surface area contributed by atoms with Gasteiger partial charge in [0.2, 0.25) is 11.8 Å². The summed E-state index contributed by atoms with van der Waals surface area (Å²) in [6, 6.07) is 21.7. The first-order valence-corrected chi connectivity index (χ1v) is 14.6. The van der Waals surface area contributed by atoms with Crippen molar-refractivity contribution in [3.63, 3.8) is 0 Å². The highest BCUT2D eigenvalue weighted by Gasteiger charge is 2.33. The number of carbonyl (C=O) groups is 2. The van der Waals surface area contributed by atoms with Crippen molar-refractivity contribution >= 4 is 27.5 Å². The minimum absolute atomic E-state index is 0.0321. The summed E-state index contributed by atoms with van der Waals surface area (Å²) >= 11 is 0. The SMILES string of the molecule is CCNC(=O)C(CC)N(Cc1ccccc1)C(=O)CN(c1ccc(C)cc1)S(=O)(=O)c1ccc(OCC)cc1. The molecule has 3 rings (SSSR count). The molecule has 0 radical (unpaired) electrons. The summed E-state index contributed by atoms with van der Waals surface area (Å²) in [6.45, 7) is 7.97. The lowest BCUT2D eigenvalue weighted by Gasteiger charge is -2.33. The van der Waals surface area contributed by atoms with Crippen LogP contribution in [0, 0.1) is 6.92 Å². The third kappa shape index (κ3) is 7.60. The molecule has 0 aliphatic heterocycles. The van der Waals surface area contributed by atoms with Crippen molar-refractivity contribution in [3.05, 3.63) is 90.0 Å². The molecule has 0 fully saturated rings. The van der Waals surface area contributed by atoms with Gasteiger partial charge in [-0.05, 0) is 69.2 Å². The van der Waals surface area contributed by atoms with E-state index in [4.69, 9.17) is 4.74 Å². The molecule has 39 heavy (non-hydrogen) atoms. The molecule has 0 saturated heterocycles. The summed E-state index contributed by atoms with van der Waals surface area (Å²) in [4.78, 5) is 28.4. The van der Waals surface area contributed by atoms with Gasteiger partial charge in [-0.2, -0.15) is 0 Å². The number of hydrogen-bond donors (Lipinski definition) is 1. The molecule has 208 valence electrons. The number of aryl methyl sites for hydroxylation is 1. The Morgan fingerprint density at radius 3 is 2.10 bits per heavy atom. The van der Waals surface area contributed by atoms with E-state index in [9.17, 15) is 18.0 Å². The van der Waals surface area contributed by atoms with E-state index in [1.807, 2.05) is 58.0 Å². The number of ether oxygens (including phenoxy) is 1. The van der Waals surface area contributed by atoms with Crippen molar-refractivity contribution in [3.8, 4) is 5.75 Å². The molecule has 1 atom stereocenters. The number of anilines is 1. The molecular formula is C30H37N3O5S. The zero-order valence-corrected chi connectivity index (χ0v) is 23.8. The summed E-state index contributed by atoms with van der Waals surface area (Å²) in [7, 11) is -4.13. The zero-order valence-electron chi connectivity index (χ0n) is 23.0. The van der Waals surface area contributed by atoms with Gasteiger partial charge in [0.05, 0.1) is 17.2 Å². The third-order valence-corrected chi connectivity index (χ3v) is 8.04. The van der Waals surface area contributed by atoms with Crippen LogP contribution in [0.1, 0.15) is 38.3 Å². The number of amides is 2. The van der Waals surface area contributed by atoms with Crippen LogP contribution in [-0.4, -0.2) is 50.9 Å². The van der Waals surface area contributed by atoms with Crippen LogP contribution in [0.15, 0.2) is 83.8 Å². The highest BCUT2D eigenvalue weighted by molar-refractivity contribution is 7.92. The van der Waals surface area contributed by atoms with Crippen LogP contribution >= 0.6 is 0 Å². The van der Waals surface area contributed by atoms with E-state index < -0.39 is 28.5 Å². The molecule has 0 aliphatic rings. The normalized spacial score (nSPS) is 11.9. The van der Waals surface area contributed by atoms with Gasteiger partial charge in [-0.15, -0.1) is 0 Å². The second kappa shape index (κ2) is 13.8. The maximum Gasteiger partial charge on any atom is 0.264 e. The van der Waals surface area contributed by atoms with E-state index in [0.717, 1.165) is 15.4 Å². The highest BCUT2D eigenvalue weighted by atomic mass is 32.2. The molecule has 0 heterocycles. The van der Waals surface area contributed by atoms with Gasteiger partial charge < -0.3 is 15.0 Å². The van der Waals surface area contributed by atoms with E-state index in [0.29, 0.717) is 31.0 Å². The lowest BCUT2D eigenvalue weighted by Crippen LogP contribution is -2.52. The van der Waals surface area contributed by atoms with Gasteiger partial charge >= 0.3 is 0 Å². The predicted molar refractivity (Wildman–Crippen MR) is 153 cm³/mol. The lowest BCUT2D eigenvalue weighted by molar-refractivity contribution is -0.140. The van der Waals surface area contributed by atoms with Gasteiger partial charge in [0.15, 0.2) is 0 Å². The molecule has 0 spiro atoms. The first-order chi connectivity index (χ1) is 18.7. The molecule has 0 aliphatic carbocycles. The minimum atomic E-state index is -4.13. The van der Waals surface area contributed by atoms with Crippen molar-refractivity contribution in [1.82, 2.24) is 10.2 Å². The van der Waals surface area contributed by atoms with E-state index in [-0.39, 0.29) is 17.3 Å². The standard InChI is InChI=1S/C30H37N3O5S/c1-5-28(30(35)31-6-2)32(21-24-11-9-8-10-12-24)29(34)22-33(25-15-13-23(4)14-16-25)39(36,37)27-19-17-26(18-20-27)38-7-3/h8-20,28H,5-7,21-22H2,1-4H3,(H,31,35). The Hall–Kier alpha value is -3.85. The van der Waals surface area contributed by atoms with Crippen LogP contribution in [-0.2, 0) is 26.2 Å². The number of nitrogens with one attached hydrogen (secondary N) is 1. The Kier molecular flexibility index (Phi) is 10.5. The molecule has 9 heteroatoms. The molecule has 3 aromatic carbocycles. The average molecular weight is 552 g/mol. The molecule has 0 saturated carbocycles. The Labute approximate surface area is 231 Å². The van der Waals surface area contributed by atoms with Gasteiger partial charge in [-0.25, -0.2) is 8.42 Å². The monoisotopic (exact) mass is 551 g/mol. The van der Waals surface area contributed by atoms with Crippen molar-refractivity contribution in [2.24, 2.45) is 0 Å². The van der Waals surface area contributed by atoms with Crippen molar-refractivity contribution in [2.75, 3.05) is 24.0 Å². The maximum absolute atomic E-state index is 13.9. The van der Waals surface area contributed by atoms with Gasteiger partial charge in [0.25, 0.3) is 10.0 Å². The first kappa shape index (κ1) is 29.7. The molecule has 2 amide bonds. The Bertz CT molecular complexity index is 1330. The molecule has 0 bridgehead atoms. The van der Waals surface area contributed by atoms with E-state index in [1.54, 1.807) is 36.4 Å². The zero-order chi connectivity index (χ0) is 28.4. The van der Waals surface area contributed by atoms with Crippen LogP contribution in [0.2, 0.25) is 0 Å². The van der Waals surface area contributed by atoms with Crippen LogP contribution < -0.4 is 14.4 Å². The topological polar surface area (TPSA) is 96.0 Å². The number of sulfonamides is 1. The largest absolute Gasteiger partial charge is 0.494 e. The van der Waals surface area contributed by atoms with Crippen LogP contribution in [0.5, 0.6) is 5.75 Å². The van der Waals surface area contributed by atoms with Crippen molar-refractivity contribution < 1.29 is 22.7 Å². The van der Waals surface area contributed by atoms with Crippen LogP contribution in [0.3, 0.4) is 0 Å². The lowest BCUT2D eigenvalue weighted by atomic mass is 10.1. The van der Waals surface area contributed by atoms with Gasteiger partial charge in [-0.1, -0.05) is 55.0 Å². The fourth-order valence-electron chi connectivity index (χ4n) is 4.23. The smallest absolute Gasteiger partial charge is 0.264 e. The molecule has 8 nitrogen and oxygen atoms in total. The summed E-state index contributed by atoms with van der Waals surface area (Å²) in [5.74, 6) is -0.205. The maximum atomic E-state index is 13.9. The molecular weight excluding hydrogens is 514 g/mol. The number of hydrogen-bond acceptors (Lipinski definition) is 5. The second-order valence-electron chi connectivity index (χ2n) is 9.08. The Balaban J connectivity index is 2.03. The van der Waals surface area contributed by atoms with Crippen LogP contribution in [0.4, 0.5) is 5.69 Å². The number of carbonyl (C=O) groups excluding carboxylic acids is 2. The summed E-state index contributed by atoms with van der Waals surface area (Å²) in [5, 5.41) is 2.80. The van der Waals surface area contributed by atoms with E-state index >= 15 is 0 Å². The van der Waals surface area contributed by atoms with Gasteiger partial charge in [-0.3, -0.25) is 13.9 Å². The third-order valence-electron chi connectivity index (χ3n) is 6.26. The van der Waals surface area contributed by atoms with Gasteiger partial charge in [0, 0.05) is 13.1 Å². The van der Waals surface area contributed by atoms with Crippen molar-refractivity contribution in [2.45, 2.75) is 51.6 Å². The predicted octanol–water partition coefficient (Wildman–Crippen LogP) is 4.53. The minimum Gasteiger partial charge on any atom is -0.494 e. The number of benzene rings is 3. The fraction of sp³-hybridized carbons (Fsp3) is 0.333. The Morgan fingerprint density at radius 2 is 1.54 bits per heavy atom. The second-order valence-corrected chi connectivity index (χ2v) is 10.9. The Morgan fingerprint density at radius 1 is 0.897 bits per heavy atom. The number of likely N-dealkylation sites (N-methyl/N-ethyl adjacent to an activating group) is 1. The van der Waals surface area contributed by atoms with Crippen molar-refractivity contribution in [1.29, 1.82) is 0 Å². The highest BCUT2D eigenvalue weighted by Crippen LogP contribution is 2.26. The molecule has 1 N–H and O–H groups in total. The fourth-order valence-corrected chi connectivity index (χ4v) is 5.65. The van der Waals surface area contributed by atoms with E-state index in [1.165, 1.54) is 17.0 Å². The summed E-state index contributed by atoms with van der Waals surface area (Å²) < 4.78 is 34.4. The summed E-state index contributed by atoms with van der Waals surface area (Å²) in [6.07, 6.45) is 0.376. The number of nitrogens with zero attached hydrogens (tertiary/aromatic N) is 2. The quantitative estimate of drug-likeness (QED) is 0.337. The molecule has 0 aromatic heterocycles. The summed E-state index contributed by atoms with van der Waals surface area (Å²) in [5.41, 5.74) is 2.15. The number of rotatable bonds is 13. The van der Waals surface area contributed by atoms with Gasteiger partial charge in [0.1, 0.15) is 18.3 Å². The molecule has 3 aromatic rings. The first-order valence-electron chi connectivity index (χ1n) is 13.1. The van der Waals surface area contributed by atoms with Crippen LogP contribution in [0.25, 0.3) is 0 Å².